The lowest BCUT2D eigenvalue weighted by atomic mass is 9.67. The molecule has 324 valence electrons. The Labute approximate surface area is 403 Å². The number of fused-ring (bicyclic) bond motifs is 6. The molecule has 0 radical (unpaired) electrons. The molecule has 2 heteroatoms. The van der Waals surface area contributed by atoms with Crippen molar-refractivity contribution in [3.05, 3.63) is 301 Å². The lowest BCUT2D eigenvalue weighted by Gasteiger charge is -2.35. The number of hydrogen-bond acceptors (Lipinski definition) is 1. The monoisotopic (exact) mass is 878 g/mol. The molecule has 0 saturated carbocycles. The highest BCUT2D eigenvalue weighted by atomic mass is 15.1. The SMILES string of the molecule is c1ccc(-c2ccc(N(c3ccc(-c4ccc5c(c4)c4cc(-c6ccccc6)ccc4n5-c4ccccc4)cc3)c3ccc4c(c3)C(c3ccccc3)(c3ccccc3)c3ccccc3-4)cc2)cc1. The topological polar surface area (TPSA) is 8.17 Å². The van der Waals surface area contributed by atoms with Gasteiger partial charge in [0.1, 0.15) is 0 Å². The van der Waals surface area contributed by atoms with Crippen molar-refractivity contribution in [3.8, 4) is 50.2 Å². The van der Waals surface area contributed by atoms with Gasteiger partial charge in [0.25, 0.3) is 0 Å². The van der Waals surface area contributed by atoms with E-state index in [1.807, 2.05) is 0 Å². The predicted octanol–water partition coefficient (Wildman–Crippen LogP) is 17.6. The molecular formula is C67H46N2. The van der Waals surface area contributed by atoms with E-state index in [2.05, 4.69) is 289 Å². The van der Waals surface area contributed by atoms with Crippen LogP contribution in [0.3, 0.4) is 0 Å². The van der Waals surface area contributed by atoms with Gasteiger partial charge >= 0.3 is 0 Å². The predicted molar refractivity (Wildman–Crippen MR) is 289 cm³/mol. The third kappa shape index (κ3) is 6.72. The molecule has 13 rings (SSSR count). The minimum absolute atomic E-state index is 0.513. The fourth-order valence-corrected chi connectivity index (χ4v) is 11.1. The van der Waals surface area contributed by atoms with Gasteiger partial charge in [-0.05, 0) is 140 Å². The minimum Gasteiger partial charge on any atom is -0.310 e. The summed E-state index contributed by atoms with van der Waals surface area (Å²) in [7, 11) is 0. The zero-order valence-electron chi connectivity index (χ0n) is 38.0. The van der Waals surface area contributed by atoms with Crippen LogP contribution in [0.25, 0.3) is 72.0 Å². The Morgan fingerprint density at radius 2 is 0.667 bits per heavy atom. The molecule has 0 aliphatic heterocycles. The lowest BCUT2D eigenvalue weighted by molar-refractivity contribution is 0.768. The maximum atomic E-state index is 2.45. The first-order valence-corrected chi connectivity index (χ1v) is 23.8. The molecular weight excluding hydrogens is 833 g/mol. The van der Waals surface area contributed by atoms with Gasteiger partial charge in [-0.1, -0.05) is 206 Å². The summed E-state index contributed by atoms with van der Waals surface area (Å²) in [5, 5.41) is 2.47. The quantitative estimate of drug-likeness (QED) is 0.140. The Morgan fingerprint density at radius 3 is 1.20 bits per heavy atom. The van der Waals surface area contributed by atoms with Crippen LogP contribution >= 0.6 is 0 Å². The molecule has 0 bridgehead atoms. The van der Waals surface area contributed by atoms with Gasteiger partial charge in [0.05, 0.1) is 16.4 Å². The molecule has 0 saturated heterocycles. The molecule has 1 heterocycles. The first kappa shape index (κ1) is 40.3. The summed E-state index contributed by atoms with van der Waals surface area (Å²) in [5.74, 6) is 0. The van der Waals surface area contributed by atoms with E-state index < -0.39 is 5.41 Å². The molecule has 11 aromatic carbocycles. The number of rotatable bonds is 9. The van der Waals surface area contributed by atoms with E-state index >= 15 is 0 Å². The smallest absolute Gasteiger partial charge is 0.0714 e. The Morgan fingerprint density at radius 1 is 0.275 bits per heavy atom. The average molecular weight is 879 g/mol. The van der Waals surface area contributed by atoms with Crippen LogP contribution in [0.2, 0.25) is 0 Å². The third-order valence-electron chi connectivity index (χ3n) is 14.3. The van der Waals surface area contributed by atoms with E-state index in [0.29, 0.717) is 0 Å². The molecule has 69 heavy (non-hydrogen) atoms. The van der Waals surface area contributed by atoms with Gasteiger partial charge in [0.2, 0.25) is 0 Å². The van der Waals surface area contributed by atoms with E-state index in [0.717, 1.165) is 28.3 Å². The molecule has 0 unspecified atom stereocenters. The number of hydrogen-bond donors (Lipinski definition) is 0. The number of para-hydroxylation sites is 1. The van der Waals surface area contributed by atoms with E-state index in [1.54, 1.807) is 0 Å². The maximum absolute atomic E-state index is 2.45. The highest BCUT2D eigenvalue weighted by Gasteiger charge is 2.46. The summed E-state index contributed by atoms with van der Waals surface area (Å²) >= 11 is 0. The summed E-state index contributed by atoms with van der Waals surface area (Å²) < 4.78 is 2.40. The number of benzene rings is 11. The molecule has 0 amide bonds. The zero-order valence-corrected chi connectivity index (χ0v) is 38.0. The zero-order chi connectivity index (χ0) is 45.7. The molecule has 1 aliphatic carbocycles. The molecule has 1 aromatic heterocycles. The maximum Gasteiger partial charge on any atom is 0.0714 e. The fraction of sp³-hybridized carbons (Fsp3) is 0.0149. The average Bonchev–Trinajstić information content (AvgIpc) is 3.92. The molecule has 2 nitrogen and oxygen atoms in total. The molecule has 0 atom stereocenters. The first-order valence-electron chi connectivity index (χ1n) is 23.8. The van der Waals surface area contributed by atoms with E-state index in [9.17, 15) is 0 Å². The summed E-state index contributed by atoms with van der Waals surface area (Å²) in [6.45, 7) is 0. The largest absolute Gasteiger partial charge is 0.310 e. The Balaban J connectivity index is 0.963. The van der Waals surface area contributed by atoms with Crippen molar-refractivity contribution < 1.29 is 0 Å². The highest BCUT2D eigenvalue weighted by Crippen LogP contribution is 2.57. The molecule has 1 aliphatic rings. The van der Waals surface area contributed by atoms with Crippen LogP contribution in [0.5, 0.6) is 0 Å². The van der Waals surface area contributed by atoms with Crippen LogP contribution in [-0.4, -0.2) is 4.57 Å². The fourth-order valence-electron chi connectivity index (χ4n) is 11.1. The van der Waals surface area contributed by atoms with Gasteiger partial charge in [0, 0.05) is 33.5 Å². The van der Waals surface area contributed by atoms with Crippen LogP contribution in [0.15, 0.2) is 279 Å². The van der Waals surface area contributed by atoms with Crippen molar-refractivity contribution in [2.24, 2.45) is 0 Å². The first-order chi connectivity index (χ1) is 34.2. The summed E-state index contributed by atoms with van der Waals surface area (Å²) in [5.41, 5.74) is 21.1. The second-order valence-corrected chi connectivity index (χ2v) is 18.1. The molecule has 0 fully saturated rings. The van der Waals surface area contributed by atoms with Gasteiger partial charge in [-0.15, -0.1) is 0 Å². The van der Waals surface area contributed by atoms with Crippen molar-refractivity contribution in [3.63, 3.8) is 0 Å². The van der Waals surface area contributed by atoms with Crippen molar-refractivity contribution in [1.82, 2.24) is 4.57 Å². The second-order valence-electron chi connectivity index (χ2n) is 18.1. The Bertz CT molecular complexity index is 3750. The van der Waals surface area contributed by atoms with Gasteiger partial charge in [0.15, 0.2) is 0 Å². The van der Waals surface area contributed by atoms with E-state index in [1.165, 1.54) is 83.0 Å². The van der Waals surface area contributed by atoms with Gasteiger partial charge in [-0.2, -0.15) is 0 Å². The Hall–Kier alpha value is -8.98. The standard InChI is InChI=1S/C67H46N2/c1-6-18-47(19-7-1)49-30-36-56(37-31-49)68(58-40-41-60-59-28-16-17-29-63(59)67(64(60)46-58,53-22-10-3-11-23-53)54-24-12-4-13-25-54)57-38-32-50(33-39-57)52-35-43-66-62(45-52)61-44-51(48-20-8-2-9-21-48)34-42-65(61)69(66)55-26-14-5-15-27-55/h1-46H. The van der Waals surface area contributed by atoms with Crippen molar-refractivity contribution in [2.75, 3.05) is 4.90 Å². The van der Waals surface area contributed by atoms with Crippen LogP contribution in [0, 0.1) is 0 Å². The molecule has 0 spiro atoms. The van der Waals surface area contributed by atoms with Crippen molar-refractivity contribution in [2.45, 2.75) is 5.41 Å². The molecule has 0 N–H and O–H groups in total. The normalized spacial score (nSPS) is 12.5. The van der Waals surface area contributed by atoms with Crippen LogP contribution in [0.4, 0.5) is 17.1 Å². The number of nitrogens with zero attached hydrogens (tertiary/aromatic N) is 2. The van der Waals surface area contributed by atoms with Gasteiger partial charge in [-0.3, -0.25) is 0 Å². The van der Waals surface area contributed by atoms with Gasteiger partial charge < -0.3 is 9.47 Å². The van der Waals surface area contributed by atoms with Crippen LogP contribution in [-0.2, 0) is 5.41 Å². The Kier molecular flexibility index (Phi) is 9.77. The summed E-state index contributed by atoms with van der Waals surface area (Å²) in [4.78, 5) is 2.42. The second kappa shape index (κ2) is 16.7. The third-order valence-corrected chi connectivity index (χ3v) is 14.3. The van der Waals surface area contributed by atoms with Crippen molar-refractivity contribution >= 4 is 38.9 Å². The summed E-state index contributed by atoms with van der Waals surface area (Å²) in [6.07, 6.45) is 0. The highest BCUT2D eigenvalue weighted by molar-refractivity contribution is 6.11. The molecule has 12 aromatic rings. The van der Waals surface area contributed by atoms with E-state index in [-0.39, 0.29) is 0 Å². The lowest BCUT2D eigenvalue weighted by Crippen LogP contribution is -2.28. The van der Waals surface area contributed by atoms with E-state index in [4.69, 9.17) is 0 Å². The van der Waals surface area contributed by atoms with Gasteiger partial charge in [-0.25, -0.2) is 0 Å². The number of aromatic nitrogens is 1. The van der Waals surface area contributed by atoms with Crippen molar-refractivity contribution in [1.29, 1.82) is 0 Å². The number of anilines is 3. The van der Waals surface area contributed by atoms with Crippen LogP contribution < -0.4 is 4.90 Å². The summed E-state index contributed by atoms with van der Waals surface area (Å²) in [6, 6.07) is 102. The minimum atomic E-state index is -0.513. The van der Waals surface area contributed by atoms with Crippen LogP contribution in [0.1, 0.15) is 22.3 Å².